The van der Waals surface area contributed by atoms with Gasteiger partial charge in [0, 0.05) is 25.6 Å². The first-order chi connectivity index (χ1) is 12.9. The number of aliphatic imine (C=N–C) groups is 1. The van der Waals surface area contributed by atoms with Crippen LogP contribution < -0.4 is 4.72 Å². The van der Waals surface area contributed by atoms with Gasteiger partial charge in [-0.05, 0) is 29.8 Å². The molecular formula is C19H18N4O3S. The Bertz CT molecular complexity index is 1040. The number of nitrogens with zero attached hydrogens (tertiary/aromatic N) is 3. The number of carbonyl (C=O) groups excluding carboxylic acids is 1. The van der Waals surface area contributed by atoms with Crippen LogP contribution in [0.2, 0.25) is 0 Å². The Morgan fingerprint density at radius 1 is 1.19 bits per heavy atom. The molecule has 2 aromatic rings. The fourth-order valence-corrected chi connectivity index (χ4v) is 4.00. The van der Waals surface area contributed by atoms with Crippen LogP contribution in [-0.2, 0) is 21.4 Å². The Kier molecular flexibility index (Phi) is 5.23. The Hall–Kier alpha value is -3.18. The van der Waals surface area contributed by atoms with Crippen LogP contribution in [0.5, 0.6) is 0 Å². The van der Waals surface area contributed by atoms with Gasteiger partial charge in [-0.15, -0.1) is 0 Å². The van der Waals surface area contributed by atoms with E-state index < -0.39 is 10.0 Å². The van der Waals surface area contributed by atoms with Crippen molar-refractivity contribution in [2.24, 2.45) is 4.99 Å². The Morgan fingerprint density at radius 2 is 1.89 bits per heavy atom. The van der Waals surface area contributed by atoms with E-state index in [1.54, 1.807) is 42.3 Å². The molecule has 0 unspecified atom stereocenters. The van der Waals surface area contributed by atoms with Gasteiger partial charge in [-0.25, -0.2) is 8.42 Å². The van der Waals surface area contributed by atoms with E-state index in [9.17, 15) is 13.2 Å². The van der Waals surface area contributed by atoms with Crippen LogP contribution >= 0.6 is 0 Å². The van der Waals surface area contributed by atoms with Crippen LogP contribution in [0.3, 0.4) is 0 Å². The van der Waals surface area contributed by atoms with Gasteiger partial charge in [-0.3, -0.25) is 14.5 Å². The molecule has 0 spiro atoms. The predicted molar refractivity (Wildman–Crippen MR) is 100 cm³/mol. The minimum atomic E-state index is -3.57. The molecule has 0 saturated heterocycles. The highest BCUT2D eigenvalue weighted by atomic mass is 32.2. The maximum atomic E-state index is 12.3. The third-order valence-electron chi connectivity index (χ3n) is 4.19. The molecule has 0 atom stereocenters. The molecule has 8 heteroatoms. The van der Waals surface area contributed by atoms with Crippen LogP contribution in [0.25, 0.3) is 0 Å². The molecule has 0 bridgehead atoms. The van der Waals surface area contributed by atoms with E-state index in [1.165, 1.54) is 6.07 Å². The number of fused-ring (bicyclic) bond motifs is 1. The number of amidine groups is 1. The van der Waals surface area contributed by atoms with Gasteiger partial charge in [0.1, 0.15) is 5.84 Å². The zero-order valence-corrected chi connectivity index (χ0v) is 15.5. The summed E-state index contributed by atoms with van der Waals surface area (Å²) in [5.41, 5.74) is 2.02. The van der Waals surface area contributed by atoms with Gasteiger partial charge in [0.25, 0.3) is 10.0 Å². The number of rotatable bonds is 5. The van der Waals surface area contributed by atoms with Gasteiger partial charge in [-0.1, -0.05) is 24.3 Å². The summed E-state index contributed by atoms with van der Waals surface area (Å²) in [7, 11) is -1.87. The molecule has 0 saturated carbocycles. The second-order valence-electron chi connectivity index (χ2n) is 6.14. The highest BCUT2D eigenvalue weighted by Crippen LogP contribution is 2.22. The summed E-state index contributed by atoms with van der Waals surface area (Å²) in [5.74, 6) is 0.172. The average molecular weight is 382 g/mol. The molecule has 138 valence electrons. The van der Waals surface area contributed by atoms with Crippen molar-refractivity contribution < 1.29 is 13.2 Å². The number of hydrogen-bond donors (Lipinski definition) is 1. The van der Waals surface area contributed by atoms with Crippen molar-refractivity contribution >= 4 is 21.8 Å². The van der Waals surface area contributed by atoms with Gasteiger partial charge in [0.2, 0.25) is 5.91 Å². The summed E-state index contributed by atoms with van der Waals surface area (Å²) in [6.45, 7) is 0.610. The van der Waals surface area contributed by atoms with Crippen LogP contribution in [0.15, 0.2) is 58.4 Å². The van der Waals surface area contributed by atoms with Crippen molar-refractivity contribution in [1.29, 1.82) is 5.26 Å². The number of hydrogen-bond acceptors (Lipinski definition) is 5. The number of sulfonamides is 1. The molecule has 27 heavy (non-hydrogen) atoms. The second-order valence-corrected chi connectivity index (χ2v) is 7.79. The highest BCUT2D eigenvalue weighted by Gasteiger charge is 2.29. The van der Waals surface area contributed by atoms with E-state index in [-0.39, 0.29) is 29.6 Å². The summed E-state index contributed by atoms with van der Waals surface area (Å²) in [6, 6.07) is 15.7. The normalized spacial score (nSPS) is 15.6. The SMILES string of the molecule is CN(Cc1ccc(C#N)cc1)C(=O)CCN=C1NS(=O)(=O)c2ccccc21. The highest BCUT2D eigenvalue weighted by molar-refractivity contribution is 7.90. The van der Waals surface area contributed by atoms with Crippen molar-refractivity contribution in [1.82, 2.24) is 9.62 Å². The molecule has 1 aliphatic rings. The summed E-state index contributed by atoms with van der Waals surface area (Å²) in [5, 5.41) is 8.81. The van der Waals surface area contributed by atoms with E-state index in [2.05, 4.69) is 15.8 Å². The lowest BCUT2D eigenvalue weighted by Gasteiger charge is -2.16. The van der Waals surface area contributed by atoms with Crippen LogP contribution in [0, 0.1) is 11.3 Å². The van der Waals surface area contributed by atoms with Crippen molar-refractivity contribution in [2.75, 3.05) is 13.6 Å². The standard InChI is InChI=1S/C19H18N4O3S/c1-23(13-15-8-6-14(12-20)7-9-15)18(24)10-11-21-19-16-4-2-3-5-17(16)27(25,26)22-19/h2-9H,10-11,13H2,1H3,(H,21,22). The first-order valence-electron chi connectivity index (χ1n) is 8.30. The zero-order chi connectivity index (χ0) is 19.4. The number of amides is 1. The van der Waals surface area contributed by atoms with Crippen molar-refractivity contribution in [3.8, 4) is 6.07 Å². The maximum Gasteiger partial charge on any atom is 0.263 e. The van der Waals surface area contributed by atoms with Crippen LogP contribution in [-0.4, -0.2) is 38.7 Å². The van der Waals surface area contributed by atoms with E-state index >= 15 is 0 Å². The van der Waals surface area contributed by atoms with Gasteiger partial charge in [0.15, 0.2) is 0 Å². The molecule has 7 nitrogen and oxygen atoms in total. The summed E-state index contributed by atoms with van der Waals surface area (Å²) in [6.07, 6.45) is 0.167. The summed E-state index contributed by atoms with van der Waals surface area (Å²) in [4.78, 5) is 18.3. The van der Waals surface area contributed by atoms with Crippen molar-refractivity contribution in [2.45, 2.75) is 17.9 Å². The van der Waals surface area contributed by atoms with Crippen molar-refractivity contribution in [3.63, 3.8) is 0 Å². The molecule has 3 rings (SSSR count). The average Bonchev–Trinajstić information content (AvgIpc) is 2.93. The summed E-state index contributed by atoms with van der Waals surface area (Å²) < 4.78 is 26.5. The topological polar surface area (TPSA) is 103 Å². The number of nitrogens with one attached hydrogen (secondary N) is 1. The lowest BCUT2D eigenvalue weighted by molar-refractivity contribution is -0.130. The Labute approximate surface area is 158 Å². The lowest BCUT2D eigenvalue weighted by Crippen LogP contribution is -2.27. The second kappa shape index (κ2) is 7.60. The molecule has 2 aromatic carbocycles. The Balaban J connectivity index is 1.59. The van der Waals surface area contributed by atoms with Crippen molar-refractivity contribution in [3.05, 3.63) is 65.2 Å². The number of nitriles is 1. The molecule has 0 fully saturated rings. The van der Waals surface area contributed by atoms with E-state index in [1.807, 2.05) is 12.1 Å². The first-order valence-corrected chi connectivity index (χ1v) is 9.79. The molecule has 1 aliphatic heterocycles. The van der Waals surface area contributed by atoms with Gasteiger partial charge >= 0.3 is 0 Å². The number of benzene rings is 2. The van der Waals surface area contributed by atoms with Crippen LogP contribution in [0.4, 0.5) is 0 Å². The minimum absolute atomic E-state index is 0.0992. The van der Waals surface area contributed by atoms with Gasteiger partial charge in [0.05, 0.1) is 23.1 Å². The zero-order valence-electron chi connectivity index (χ0n) is 14.7. The molecular weight excluding hydrogens is 364 g/mol. The smallest absolute Gasteiger partial charge is 0.263 e. The monoisotopic (exact) mass is 382 g/mol. The van der Waals surface area contributed by atoms with E-state index in [0.717, 1.165) is 5.56 Å². The molecule has 0 aromatic heterocycles. The lowest BCUT2D eigenvalue weighted by atomic mass is 10.1. The third kappa shape index (κ3) is 4.15. The van der Waals surface area contributed by atoms with Gasteiger partial charge in [-0.2, -0.15) is 5.26 Å². The van der Waals surface area contributed by atoms with Crippen LogP contribution in [0.1, 0.15) is 23.1 Å². The molecule has 0 aliphatic carbocycles. The quantitative estimate of drug-likeness (QED) is 0.849. The molecule has 1 heterocycles. The number of carbonyl (C=O) groups is 1. The van der Waals surface area contributed by atoms with Gasteiger partial charge < -0.3 is 4.90 Å². The minimum Gasteiger partial charge on any atom is -0.341 e. The Morgan fingerprint density at radius 3 is 2.59 bits per heavy atom. The van der Waals surface area contributed by atoms with E-state index in [4.69, 9.17) is 5.26 Å². The molecule has 0 radical (unpaired) electrons. The van der Waals surface area contributed by atoms with E-state index in [0.29, 0.717) is 17.7 Å². The maximum absolute atomic E-state index is 12.3. The third-order valence-corrected chi connectivity index (χ3v) is 5.58. The first kappa shape index (κ1) is 18.6. The molecule has 1 N–H and O–H groups in total. The summed E-state index contributed by atoms with van der Waals surface area (Å²) >= 11 is 0. The molecule has 1 amide bonds. The fourth-order valence-electron chi connectivity index (χ4n) is 2.75. The largest absolute Gasteiger partial charge is 0.341 e. The fraction of sp³-hybridized carbons (Fsp3) is 0.211. The predicted octanol–water partition coefficient (Wildman–Crippen LogP) is 1.65.